The molecule has 0 saturated carbocycles. The Kier molecular flexibility index (Phi) is 5.37. The van der Waals surface area contributed by atoms with E-state index in [1.165, 1.54) is 6.07 Å². The zero-order valence-electron chi connectivity index (χ0n) is 10.6. The van der Waals surface area contributed by atoms with Crippen molar-refractivity contribution in [3.63, 3.8) is 0 Å². The molecule has 0 spiro atoms. The number of benzene rings is 1. The Balaban J connectivity index is 2.91. The van der Waals surface area contributed by atoms with Crippen molar-refractivity contribution in [2.45, 2.75) is 38.8 Å². The number of aryl methyl sites for hydroxylation is 1. The lowest BCUT2D eigenvalue weighted by atomic mass is 9.98. The Bertz CT molecular complexity index is 380. The minimum Gasteiger partial charge on any atom is -0.328 e. The monoisotopic (exact) mass is 258 g/mol. The molecule has 3 N–H and O–H groups in total. The van der Waals surface area contributed by atoms with E-state index in [-0.39, 0.29) is 17.9 Å². The number of rotatable bonds is 5. The summed E-state index contributed by atoms with van der Waals surface area (Å²) in [6, 6.07) is 3.37. The van der Waals surface area contributed by atoms with Crippen molar-refractivity contribution in [3.8, 4) is 0 Å². The fourth-order valence-corrected chi connectivity index (χ4v) is 2.16. The molecule has 2 unspecified atom stereocenters. The van der Waals surface area contributed by atoms with Crippen LogP contribution in [0.3, 0.4) is 0 Å². The number of nitrogens with one attached hydrogen (secondary N) is 1. The molecule has 0 aliphatic heterocycles. The van der Waals surface area contributed by atoms with E-state index >= 15 is 0 Å². The first-order chi connectivity index (χ1) is 7.95. The third-order valence-corrected chi connectivity index (χ3v) is 3.24. The highest BCUT2D eigenvalue weighted by molar-refractivity contribution is 6.31. The molecule has 0 amide bonds. The van der Waals surface area contributed by atoms with Gasteiger partial charge in [0, 0.05) is 17.1 Å². The van der Waals surface area contributed by atoms with Gasteiger partial charge in [0.05, 0.1) is 0 Å². The number of hydrogen-bond acceptors (Lipinski definition) is 2. The Morgan fingerprint density at radius 1 is 1.41 bits per heavy atom. The zero-order valence-corrected chi connectivity index (χ0v) is 11.3. The second-order valence-electron chi connectivity index (χ2n) is 4.52. The van der Waals surface area contributed by atoms with Gasteiger partial charge in [0.15, 0.2) is 0 Å². The molecule has 2 nitrogen and oxygen atoms in total. The van der Waals surface area contributed by atoms with Crippen molar-refractivity contribution < 1.29 is 4.39 Å². The highest BCUT2D eigenvalue weighted by atomic mass is 35.5. The summed E-state index contributed by atoms with van der Waals surface area (Å²) in [7, 11) is 1.85. The van der Waals surface area contributed by atoms with Crippen LogP contribution < -0.4 is 11.1 Å². The Labute approximate surface area is 107 Å². The minimum atomic E-state index is -0.217. The second kappa shape index (κ2) is 6.34. The van der Waals surface area contributed by atoms with Gasteiger partial charge in [0.2, 0.25) is 0 Å². The van der Waals surface area contributed by atoms with E-state index in [0.717, 1.165) is 18.4 Å². The summed E-state index contributed by atoms with van der Waals surface area (Å²) < 4.78 is 13.5. The summed E-state index contributed by atoms with van der Waals surface area (Å²) in [4.78, 5) is 0. The van der Waals surface area contributed by atoms with Gasteiger partial charge in [-0.1, -0.05) is 11.6 Å². The SMILES string of the molecule is CNC(CCC(C)N)c1cc(F)c(C)cc1Cl. The molecule has 17 heavy (non-hydrogen) atoms. The first kappa shape index (κ1) is 14.4. The minimum absolute atomic E-state index is 0.0450. The molecule has 0 fully saturated rings. The highest BCUT2D eigenvalue weighted by Gasteiger charge is 2.15. The lowest BCUT2D eigenvalue weighted by molar-refractivity contribution is 0.493. The molecule has 0 aromatic heterocycles. The van der Waals surface area contributed by atoms with Crippen LogP contribution in [-0.4, -0.2) is 13.1 Å². The molecule has 0 bridgehead atoms. The first-order valence-corrected chi connectivity index (χ1v) is 6.22. The largest absolute Gasteiger partial charge is 0.328 e. The fraction of sp³-hybridized carbons (Fsp3) is 0.538. The summed E-state index contributed by atoms with van der Waals surface area (Å²) in [5.41, 5.74) is 7.10. The summed E-state index contributed by atoms with van der Waals surface area (Å²) in [6.07, 6.45) is 1.72. The summed E-state index contributed by atoms with van der Waals surface area (Å²) in [6.45, 7) is 3.67. The Morgan fingerprint density at radius 2 is 2.06 bits per heavy atom. The molecule has 2 atom stereocenters. The van der Waals surface area contributed by atoms with E-state index in [2.05, 4.69) is 5.32 Å². The van der Waals surface area contributed by atoms with Gasteiger partial charge >= 0.3 is 0 Å². The summed E-state index contributed by atoms with van der Waals surface area (Å²) in [5, 5.41) is 3.76. The van der Waals surface area contributed by atoms with E-state index in [0.29, 0.717) is 10.6 Å². The molecule has 1 rings (SSSR count). The van der Waals surface area contributed by atoms with Gasteiger partial charge in [-0.15, -0.1) is 0 Å². The second-order valence-corrected chi connectivity index (χ2v) is 4.93. The maximum Gasteiger partial charge on any atom is 0.126 e. The van der Waals surface area contributed by atoms with Crippen LogP contribution in [0.25, 0.3) is 0 Å². The third-order valence-electron chi connectivity index (χ3n) is 2.91. The first-order valence-electron chi connectivity index (χ1n) is 5.84. The maximum atomic E-state index is 13.5. The van der Waals surface area contributed by atoms with E-state index in [4.69, 9.17) is 17.3 Å². The lowest BCUT2D eigenvalue weighted by Crippen LogP contribution is -2.22. The molecule has 4 heteroatoms. The van der Waals surface area contributed by atoms with E-state index in [1.54, 1.807) is 13.0 Å². The molecule has 0 radical (unpaired) electrons. The fourth-order valence-electron chi connectivity index (χ4n) is 1.81. The van der Waals surface area contributed by atoms with Gasteiger partial charge < -0.3 is 11.1 Å². The van der Waals surface area contributed by atoms with Crippen LogP contribution in [0.2, 0.25) is 5.02 Å². The summed E-state index contributed by atoms with van der Waals surface area (Å²) >= 11 is 6.15. The smallest absolute Gasteiger partial charge is 0.126 e. The quantitative estimate of drug-likeness (QED) is 0.851. The van der Waals surface area contributed by atoms with Crippen molar-refractivity contribution >= 4 is 11.6 Å². The van der Waals surface area contributed by atoms with Crippen LogP contribution in [0, 0.1) is 12.7 Å². The molecule has 0 aliphatic carbocycles. The highest BCUT2D eigenvalue weighted by Crippen LogP contribution is 2.28. The van der Waals surface area contributed by atoms with Crippen molar-refractivity contribution in [2.75, 3.05) is 7.05 Å². The van der Waals surface area contributed by atoms with E-state index in [1.807, 2.05) is 14.0 Å². The van der Waals surface area contributed by atoms with Gasteiger partial charge in [0.25, 0.3) is 0 Å². The van der Waals surface area contributed by atoms with E-state index < -0.39 is 0 Å². The number of halogens is 2. The number of hydrogen-bond donors (Lipinski definition) is 2. The van der Waals surface area contributed by atoms with Gasteiger partial charge in [-0.25, -0.2) is 4.39 Å². The molecule has 0 saturated heterocycles. The zero-order chi connectivity index (χ0) is 13.0. The Hall–Kier alpha value is -0.640. The molecule has 0 aliphatic rings. The average Bonchev–Trinajstić information content (AvgIpc) is 2.25. The average molecular weight is 259 g/mol. The van der Waals surface area contributed by atoms with Crippen LogP contribution >= 0.6 is 11.6 Å². The van der Waals surface area contributed by atoms with Gasteiger partial charge in [0.1, 0.15) is 5.82 Å². The predicted molar refractivity (Wildman–Crippen MR) is 70.8 cm³/mol. The van der Waals surface area contributed by atoms with Crippen LogP contribution in [0.1, 0.15) is 36.9 Å². The van der Waals surface area contributed by atoms with Gasteiger partial charge in [-0.05, 0) is 57.0 Å². The lowest BCUT2D eigenvalue weighted by Gasteiger charge is -2.19. The number of nitrogens with two attached hydrogens (primary N) is 1. The van der Waals surface area contributed by atoms with Crippen molar-refractivity contribution in [1.82, 2.24) is 5.32 Å². The maximum absolute atomic E-state index is 13.5. The van der Waals surface area contributed by atoms with Crippen LogP contribution in [0.15, 0.2) is 12.1 Å². The Morgan fingerprint density at radius 3 is 2.59 bits per heavy atom. The van der Waals surface area contributed by atoms with Gasteiger partial charge in [-0.2, -0.15) is 0 Å². The van der Waals surface area contributed by atoms with Crippen LogP contribution in [-0.2, 0) is 0 Å². The van der Waals surface area contributed by atoms with E-state index in [9.17, 15) is 4.39 Å². The van der Waals surface area contributed by atoms with Crippen molar-refractivity contribution in [1.29, 1.82) is 0 Å². The molecular formula is C13H20ClFN2. The van der Waals surface area contributed by atoms with Crippen molar-refractivity contribution in [3.05, 3.63) is 34.1 Å². The topological polar surface area (TPSA) is 38.0 Å². The summed E-state index contributed by atoms with van der Waals surface area (Å²) in [5.74, 6) is -0.217. The molecule has 1 aromatic carbocycles. The van der Waals surface area contributed by atoms with Crippen molar-refractivity contribution in [2.24, 2.45) is 5.73 Å². The molecule has 0 heterocycles. The predicted octanol–water partition coefficient (Wildman–Crippen LogP) is 3.18. The van der Waals surface area contributed by atoms with Crippen LogP contribution in [0.4, 0.5) is 4.39 Å². The normalized spacial score (nSPS) is 14.7. The third kappa shape index (κ3) is 3.95. The molecule has 1 aromatic rings. The molecular weight excluding hydrogens is 239 g/mol. The van der Waals surface area contributed by atoms with Crippen LogP contribution in [0.5, 0.6) is 0 Å². The molecule has 96 valence electrons. The standard InChI is InChI=1S/C13H20ClFN2/c1-8-6-11(14)10(7-12(8)15)13(17-3)5-4-9(2)16/h6-7,9,13,17H,4-5,16H2,1-3H3. The van der Waals surface area contributed by atoms with Gasteiger partial charge in [-0.3, -0.25) is 0 Å².